The Labute approximate surface area is 396 Å². The lowest BCUT2D eigenvalue weighted by Crippen LogP contribution is -2.64. The van der Waals surface area contributed by atoms with Gasteiger partial charge in [0.15, 0.2) is 22.9 Å². The predicted octanol–water partition coefficient (Wildman–Crippen LogP) is 9.53. The van der Waals surface area contributed by atoms with Gasteiger partial charge in [-0.3, -0.25) is 18.1 Å². The highest BCUT2D eigenvalue weighted by Crippen LogP contribution is 2.46. The Bertz CT molecular complexity index is 3520. The molecule has 4 aliphatic rings. The van der Waals surface area contributed by atoms with E-state index in [9.17, 15) is 14.7 Å². The number of benzene rings is 4. The van der Waals surface area contributed by atoms with Crippen LogP contribution in [0.4, 0.5) is 11.6 Å². The van der Waals surface area contributed by atoms with Crippen molar-refractivity contribution in [3.05, 3.63) is 134 Å². The third-order valence-corrected chi connectivity index (χ3v) is 17.1. The molecule has 10 rings (SSSR count). The number of carbonyl (C=O) groups is 2. The number of hydrogen-bond acceptors (Lipinski definition) is 11. The maximum Gasteiger partial charge on any atom is 0.571 e. The van der Waals surface area contributed by atoms with Gasteiger partial charge in [-0.2, -0.15) is 0 Å². The Balaban J connectivity index is 1.48. The Hall–Kier alpha value is -6.93. The fraction of sp³-hybridized carbons (Fsp3) is 0.352. The molecule has 13 nitrogen and oxygen atoms in total. The van der Waals surface area contributed by atoms with Crippen LogP contribution in [0, 0.1) is 0 Å². The number of aliphatic imine (C=N–C) groups is 3. The first kappa shape index (κ1) is 44.9. The lowest BCUT2D eigenvalue weighted by atomic mass is 9.85. The van der Waals surface area contributed by atoms with Gasteiger partial charge in [0.1, 0.15) is 28.3 Å². The van der Waals surface area contributed by atoms with E-state index in [1.54, 1.807) is 8.47 Å². The molecule has 68 heavy (non-hydrogen) atoms. The number of carbonyl (C=O) groups excluding carboxylic acids is 2. The monoisotopic (exact) mass is 926 g/mol. The Morgan fingerprint density at radius 2 is 1.01 bits per heavy atom. The van der Waals surface area contributed by atoms with Gasteiger partial charge < -0.3 is 20.0 Å². The van der Waals surface area contributed by atoms with Crippen LogP contribution < -0.4 is 16.7 Å². The number of aliphatic hydroxyl groups is 1. The van der Waals surface area contributed by atoms with E-state index in [-0.39, 0.29) is 51.4 Å². The highest BCUT2D eigenvalue weighted by molar-refractivity contribution is 6.80. The molecule has 0 saturated heterocycles. The number of aliphatic hydroxyl groups excluding tert-OH is 1. The van der Waals surface area contributed by atoms with E-state index in [1.807, 2.05) is 36.4 Å². The molecule has 0 aliphatic carbocycles. The lowest BCUT2D eigenvalue weighted by Gasteiger charge is -2.34. The molecule has 4 aromatic carbocycles. The third-order valence-electron chi connectivity index (χ3n) is 13.6. The molecule has 1 unspecified atom stereocenters. The summed E-state index contributed by atoms with van der Waals surface area (Å²) in [6.07, 6.45) is -0.644. The second kappa shape index (κ2) is 14.8. The molecule has 6 heterocycles. The van der Waals surface area contributed by atoms with Gasteiger partial charge >= 0.3 is 14.6 Å². The molecule has 0 fully saturated rings. The van der Waals surface area contributed by atoms with Gasteiger partial charge in [-0.25, -0.2) is 25.0 Å². The van der Waals surface area contributed by atoms with E-state index in [2.05, 4.69) is 119 Å². The Morgan fingerprint density at radius 3 is 1.60 bits per heavy atom. The van der Waals surface area contributed by atoms with Crippen LogP contribution in [-0.4, -0.2) is 58.8 Å². The molecule has 6 aromatic rings. The predicted molar refractivity (Wildman–Crippen MR) is 271 cm³/mol. The molecule has 0 radical (unpaired) electrons. The van der Waals surface area contributed by atoms with Crippen molar-refractivity contribution in [3.63, 3.8) is 0 Å². The third kappa shape index (κ3) is 6.81. The second-order valence-electron chi connectivity index (χ2n) is 22.5. The quantitative estimate of drug-likeness (QED) is 0.132. The summed E-state index contributed by atoms with van der Waals surface area (Å²) in [7, 11) is -3.76. The summed E-state index contributed by atoms with van der Waals surface area (Å²) in [6, 6.07) is 24.6. The van der Waals surface area contributed by atoms with Gasteiger partial charge in [0.05, 0.1) is 20.0 Å². The number of nitrogens with zero attached hydrogens (tertiary/aromatic N) is 7. The van der Waals surface area contributed by atoms with Gasteiger partial charge in [0.2, 0.25) is 0 Å². The average Bonchev–Trinajstić information content (AvgIpc) is 3.98. The lowest BCUT2D eigenvalue weighted by molar-refractivity contribution is -0.145. The molecule has 4 bridgehead atoms. The van der Waals surface area contributed by atoms with Gasteiger partial charge in [0, 0.05) is 43.8 Å². The maximum atomic E-state index is 15.0. The van der Waals surface area contributed by atoms with Crippen LogP contribution in [-0.2, 0) is 40.4 Å². The van der Waals surface area contributed by atoms with Gasteiger partial charge in [-0.1, -0.05) is 132 Å². The normalized spacial score (nSPS) is 18.2. The number of nitrogens with two attached hydrogens (primary N) is 1. The number of rotatable bonds is 4. The minimum Gasteiger partial charge on any atom is -0.508 e. The van der Waals surface area contributed by atoms with Crippen LogP contribution in [0.5, 0.6) is 0 Å². The summed E-state index contributed by atoms with van der Waals surface area (Å²) in [5, 5.41) is 16.2. The number of methoxy groups -OCH3 is 1. The SMILES string of the molecule is COC(=O)CCC(=O)O[Si]12C(O)=C3N=C(N=c4c5ccc(C(C)(C)C)cc5c(n41)=NC1=N/C(=N\c4c5ccc(C(C)(C)C)cc5c(N)n42)c2cc(C(C)(C)C)ccc21)c1cc(C(C)(C)C)ccc13. The Kier molecular flexibility index (Phi) is 9.76. The smallest absolute Gasteiger partial charge is 0.508 e. The fourth-order valence-corrected chi connectivity index (χ4v) is 13.2. The highest BCUT2D eigenvalue weighted by atomic mass is 28.4. The van der Waals surface area contributed by atoms with Crippen LogP contribution in [0.15, 0.2) is 103 Å². The first-order valence-corrected chi connectivity index (χ1v) is 25.0. The molecule has 1 atom stereocenters. The molecule has 0 saturated carbocycles. The summed E-state index contributed by atoms with van der Waals surface area (Å²) < 4.78 is 15.6. The van der Waals surface area contributed by atoms with Crippen LogP contribution in [0.25, 0.3) is 27.2 Å². The van der Waals surface area contributed by atoms with Gasteiger partial charge in [-0.05, 0) is 68.2 Å². The van der Waals surface area contributed by atoms with Crippen molar-refractivity contribution in [3.8, 4) is 0 Å². The molecule has 348 valence electrons. The van der Waals surface area contributed by atoms with Gasteiger partial charge in [-0.15, -0.1) is 0 Å². The van der Waals surface area contributed by atoms with E-state index < -0.39 is 20.6 Å². The van der Waals surface area contributed by atoms with E-state index in [4.69, 9.17) is 39.9 Å². The first-order chi connectivity index (χ1) is 31.8. The van der Waals surface area contributed by atoms with E-state index in [1.165, 1.54) is 7.11 Å². The molecule has 3 N–H and O–H groups in total. The van der Waals surface area contributed by atoms with Crippen molar-refractivity contribution < 1.29 is 23.9 Å². The van der Waals surface area contributed by atoms with E-state index >= 15 is 0 Å². The van der Waals surface area contributed by atoms with E-state index in [0.29, 0.717) is 67.0 Å². The number of hydrogen-bond donors (Lipinski definition) is 2. The van der Waals surface area contributed by atoms with Crippen molar-refractivity contribution in [2.24, 2.45) is 25.0 Å². The number of amidine groups is 3. The maximum absolute atomic E-state index is 15.0. The van der Waals surface area contributed by atoms with Crippen molar-refractivity contribution in [1.29, 1.82) is 0 Å². The topological polar surface area (TPSA) is 171 Å². The van der Waals surface area contributed by atoms with Crippen molar-refractivity contribution in [2.45, 2.75) is 118 Å². The zero-order valence-electron chi connectivity index (χ0n) is 41.1. The van der Waals surface area contributed by atoms with Crippen LogP contribution in [0.2, 0.25) is 0 Å². The fourth-order valence-electron chi connectivity index (χ4n) is 9.53. The number of nitrogen functional groups attached to an aromatic ring is 1. The highest BCUT2D eigenvalue weighted by Gasteiger charge is 2.59. The van der Waals surface area contributed by atoms with Crippen molar-refractivity contribution in [2.75, 3.05) is 12.8 Å². The zero-order valence-corrected chi connectivity index (χ0v) is 42.1. The molecule has 0 spiro atoms. The number of anilines is 1. The largest absolute Gasteiger partial charge is 0.571 e. The minimum absolute atomic E-state index is 0.179. The average molecular weight is 927 g/mol. The van der Waals surface area contributed by atoms with E-state index in [0.717, 1.165) is 33.4 Å². The summed E-state index contributed by atoms with van der Waals surface area (Å²) in [5.41, 5.74) is 14.5. The zero-order chi connectivity index (χ0) is 48.8. The van der Waals surface area contributed by atoms with Crippen LogP contribution >= 0.6 is 0 Å². The second-order valence-corrected chi connectivity index (χ2v) is 25.2. The standard InChI is InChI=1S/C54H58N8O5Si/c1-51(2,3)28-16-20-34-36(24-28)43(55)61-47(34)60-46-38-26-30(53(7,8)9)15-19-33(38)44(57-46)58-49-39-27-31(54(10,11)12)17-21-35(39)48-59-45-37-25-29(52(4,5)6)14-18-32(37)42(56-45)50(65)68(61,62(48)49)67-41(64)23-22-40(63)66-13/h14-21,24-27,65H,22-23,55H2,1-13H3/b50-42?,58-49?,59-48?,60-46-. The molecule has 0 amide bonds. The van der Waals surface area contributed by atoms with Crippen molar-refractivity contribution >= 4 is 77.0 Å². The van der Waals surface area contributed by atoms with Gasteiger partial charge in [0.25, 0.3) is 5.97 Å². The minimum atomic E-state index is -5.03. The molecule has 4 aliphatic heterocycles. The van der Waals surface area contributed by atoms with Crippen LogP contribution in [0.1, 0.15) is 140 Å². The number of ether oxygens (including phenoxy) is 1. The summed E-state index contributed by atoms with van der Waals surface area (Å²) in [5.74, 6) is 0.273. The number of esters is 1. The molecule has 14 heteroatoms. The van der Waals surface area contributed by atoms with Crippen molar-refractivity contribution in [1.82, 2.24) is 8.47 Å². The van der Waals surface area contributed by atoms with Crippen LogP contribution in [0.3, 0.4) is 0 Å². The molecule has 2 aromatic heterocycles. The number of aromatic nitrogens is 2. The molecular formula is C54H58N8O5Si. The molecular weight excluding hydrogens is 869 g/mol. The summed E-state index contributed by atoms with van der Waals surface area (Å²) in [6.45, 7) is 25.7. The Morgan fingerprint density at radius 1 is 0.544 bits per heavy atom. The summed E-state index contributed by atoms with van der Waals surface area (Å²) >= 11 is 0. The first-order valence-electron chi connectivity index (χ1n) is 23.2. The number of fused-ring (bicyclic) bond motifs is 15. The summed E-state index contributed by atoms with van der Waals surface area (Å²) in [4.78, 5) is 54.6.